The molecule has 0 atom stereocenters. The smallest absolute Gasteiger partial charge is 0.224 e. The van der Waals surface area contributed by atoms with E-state index < -0.39 is 0 Å². The number of hydrogen-bond acceptors (Lipinski definition) is 3. The zero-order chi connectivity index (χ0) is 14.0. The van der Waals surface area contributed by atoms with Crippen LogP contribution in [0.4, 0.5) is 5.69 Å². The molecule has 0 fully saturated rings. The molecule has 102 valence electrons. The zero-order valence-corrected chi connectivity index (χ0v) is 11.6. The quantitative estimate of drug-likeness (QED) is 0.909. The van der Waals surface area contributed by atoms with E-state index in [0.29, 0.717) is 18.6 Å². The molecule has 1 heterocycles. The Kier molecular flexibility index (Phi) is 3.60. The number of ether oxygens (including phenoxy) is 1. The van der Waals surface area contributed by atoms with Gasteiger partial charge in [0.1, 0.15) is 12.4 Å². The van der Waals surface area contributed by atoms with Crippen molar-refractivity contribution in [2.45, 2.75) is 33.6 Å². The molecule has 19 heavy (non-hydrogen) atoms. The lowest BCUT2D eigenvalue weighted by atomic mass is 9.91. The van der Waals surface area contributed by atoms with Crippen molar-refractivity contribution in [2.75, 3.05) is 11.9 Å². The summed E-state index contributed by atoms with van der Waals surface area (Å²) in [5.74, 6) is 0.787. The fourth-order valence-corrected chi connectivity index (χ4v) is 1.81. The largest absolute Gasteiger partial charge is 0.486 e. The Morgan fingerprint density at radius 3 is 2.74 bits per heavy atom. The number of Topliss-reactive ketones (excluding diaryl/α,β-unsaturated/α-hetero) is 1. The van der Waals surface area contributed by atoms with Gasteiger partial charge in [0.15, 0.2) is 5.78 Å². The summed E-state index contributed by atoms with van der Waals surface area (Å²) in [5.41, 5.74) is 1.51. The van der Waals surface area contributed by atoms with Crippen LogP contribution in [0, 0.1) is 5.41 Å². The molecule has 0 saturated heterocycles. The van der Waals surface area contributed by atoms with Crippen molar-refractivity contribution in [1.82, 2.24) is 0 Å². The predicted molar refractivity (Wildman–Crippen MR) is 73.3 cm³/mol. The summed E-state index contributed by atoms with van der Waals surface area (Å²) >= 11 is 0. The Bertz CT molecular complexity index is 515. The summed E-state index contributed by atoms with van der Waals surface area (Å²) in [7, 11) is 0. The second-order valence-corrected chi connectivity index (χ2v) is 5.83. The van der Waals surface area contributed by atoms with Gasteiger partial charge in [-0.25, -0.2) is 0 Å². The van der Waals surface area contributed by atoms with Crippen LogP contribution >= 0.6 is 0 Å². The van der Waals surface area contributed by atoms with Crippen molar-refractivity contribution in [3.8, 4) is 5.75 Å². The Balaban J connectivity index is 2.03. The number of carbonyl (C=O) groups excluding carboxylic acids is 2. The lowest BCUT2D eigenvalue weighted by Crippen LogP contribution is -2.26. The molecule has 1 aromatic rings. The van der Waals surface area contributed by atoms with Gasteiger partial charge in [0, 0.05) is 17.5 Å². The lowest BCUT2D eigenvalue weighted by molar-refractivity contribution is -0.128. The molecule has 2 rings (SSSR count). The summed E-state index contributed by atoms with van der Waals surface area (Å²) in [6.45, 7) is 5.71. The molecular formula is C15H19NO3. The molecule has 4 heteroatoms. The summed E-state index contributed by atoms with van der Waals surface area (Å²) in [6.07, 6.45) is 1.21. The topological polar surface area (TPSA) is 55.4 Å². The third-order valence-electron chi connectivity index (χ3n) is 3.18. The van der Waals surface area contributed by atoms with Gasteiger partial charge in [-0.1, -0.05) is 20.8 Å². The number of carbonyl (C=O) groups is 2. The molecule has 1 amide bonds. The summed E-state index contributed by atoms with van der Waals surface area (Å²) in [5, 5.41) is 2.81. The van der Waals surface area contributed by atoms with Crippen molar-refractivity contribution < 1.29 is 14.3 Å². The van der Waals surface area contributed by atoms with Crippen molar-refractivity contribution in [3.63, 3.8) is 0 Å². The minimum atomic E-state index is -0.387. The zero-order valence-electron chi connectivity index (χ0n) is 11.6. The standard InChI is InChI=1S/C15H19NO3/c1-15(2,3)13(17)9-19-11-5-6-12-10(8-11)4-7-14(18)16-12/h5-6,8H,4,7,9H2,1-3H3,(H,16,18). The fourth-order valence-electron chi connectivity index (χ4n) is 1.81. The second-order valence-electron chi connectivity index (χ2n) is 5.83. The van der Waals surface area contributed by atoms with Gasteiger partial charge >= 0.3 is 0 Å². The highest BCUT2D eigenvalue weighted by atomic mass is 16.5. The number of aryl methyl sites for hydroxylation is 1. The van der Waals surface area contributed by atoms with Gasteiger partial charge < -0.3 is 10.1 Å². The number of nitrogens with one attached hydrogen (secondary N) is 1. The molecule has 0 saturated carbocycles. The van der Waals surface area contributed by atoms with Gasteiger partial charge in [0.2, 0.25) is 5.91 Å². The Labute approximate surface area is 113 Å². The van der Waals surface area contributed by atoms with Crippen molar-refractivity contribution in [2.24, 2.45) is 5.41 Å². The molecule has 0 aliphatic carbocycles. The van der Waals surface area contributed by atoms with Crippen LogP contribution < -0.4 is 10.1 Å². The van der Waals surface area contributed by atoms with E-state index in [1.54, 1.807) is 6.07 Å². The molecule has 0 aromatic heterocycles. The van der Waals surface area contributed by atoms with Crippen LogP contribution in [0.5, 0.6) is 5.75 Å². The lowest BCUT2D eigenvalue weighted by Gasteiger charge is -2.19. The molecule has 0 bridgehead atoms. The normalized spacial score (nSPS) is 14.6. The van der Waals surface area contributed by atoms with E-state index in [1.807, 2.05) is 32.9 Å². The number of hydrogen-bond donors (Lipinski definition) is 1. The molecule has 0 spiro atoms. The van der Waals surface area contributed by atoms with E-state index in [-0.39, 0.29) is 23.7 Å². The maximum atomic E-state index is 11.8. The van der Waals surface area contributed by atoms with Crippen LogP contribution in [-0.4, -0.2) is 18.3 Å². The van der Waals surface area contributed by atoms with Gasteiger partial charge in [-0.2, -0.15) is 0 Å². The Morgan fingerprint density at radius 2 is 2.05 bits per heavy atom. The monoisotopic (exact) mass is 261 g/mol. The SMILES string of the molecule is CC(C)(C)C(=O)COc1ccc2c(c1)CCC(=O)N2. The number of ketones is 1. The molecule has 4 nitrogen and oxygen atoms in total. The third kappa shape index (κ3) is 3.34. The van der Waals surface area contributed by atoms with Crippen LogP contribution in [-0.2, 0) is 16.0 Å². The van der Waals surface area contributed by atoms with Crippen LogP contribution in [0.3, 0.4) is 0 Å². The van der Waals surface area contributed by atoms with Crippen LogP contribution in [0.25, 0.3) is 0 Å². The molecule has 0 unspecified atom stereocenters. The predicted octanol–water partition coefficient (Wildman–Crippen LogP) is 2.57. The fraction of sp³-hybridized carbons (Fsp3) is 0.467. The summed E-state index contributed by atoms with van der Waals surface area (Å²) in [6, 6.07) is 5.49. The van der Waals surface area contributed by atoms with Crippen LogP contribution in [0.2, 0.25) is 0 Å². The highest BCUT2D eigenvalue weighted by molar-refractivity contribution is 5.94. The molecule has 1 N–H and O–H groups in total. The number of benzene rings is 1. The Hall–Kier alpha value is -1.84. The van der Waals surface area contributed by atoms with E-state index in [9.17, 15) is 9.59 Å². The minimum absolute atomic E-state index is 0.0454. The van der Waals surface area contributed by atoms with E-state index >= 15 is 0 Å². The van der Waals surface area contributed by atoms with Gasteiger partial charge in [-0.05, 0) is 30.2 Å². The highest BCUT2D eigenvalue weighted by Gasteiger charge is 2.22. The maximum absolute atomic E-state index is 11.8. The first-order chi connectivity index (χ1) is 8.86. The van der Waals surface area contributed by atoms with Gasteiger partial charge in [0.05, 0.1) is 0 Å². The first-order valence-corrected chi connectivity index (χ1v) is 6.45. The molecule has 1 aromatic carbocycles. The minimum Gasteiger partial charge on any atom is -0.486 e. The number of rotatable bonds is 3. The molecule has 1 aliphatic heterocycles. The third-order valence-corrected chi connectivity index (χ3v) is 3.18. The Morgan fingerprint density at radius 1 is 1.32 bits per heavy atom. The van der Waals surface area contributed by atoms with Crippen molar-refractivity contribution in [3.05, 3.63) is 23.8 Å². The average Bonchev–Trinajstić information content (AvgIpc) is 2.34. The average molecular weight is 261 g/mol. The van der Waals surface area contributed by atoms with Crippen LogP contribution in [0.1, 0.15) is 32.8 Å². The van der Waals surface area contributed by atoms with E-state index in [1.165, 1.54) is 0 Å². The maximum Gasteiger partial charge on any atom is 0.224 e. The first kappa shape index (κ1) is 13.6. The number of fused-ring (bicyclic) bond motifs is 1. The molecule has 0 radical (unpaired) electrons. The highest BCUT2D eigenvalue weighted by Crippen LogP contribution is 2.27. The molecule has 1 aliphatic rings. The second kappa shape index (κ2) is 5.03. The number of anilines is 1. The van der Waals surface area contributed by atoms with E-state index in [2.05, 4.69) is 5.32 Å². The van der Waals surface area contributed by atoms with Gasteiger partial charge in [-0.15, -0.1) is 0 Å². The van der Waals surface area contributed by atoms with Crippen molar-refractivity contribution >= 4 is 17.4 Å². The summed E-state index contributed by atoms with van der Waals surface area (Å²) < 4.78 is 5.52. The van der Waals surface area contributed by atoms with Gasteiger partial charge in [0.25, 0.3) is 0 Å². The van der Waals surface area contributed by atoms with Crippen molar-refractivity contribution in [1.29, 1.82) is 0 Å². The summed E-state index contributed by atoms with van der Waals surface area (Å²) in [4.78, 5) is 23.0. The van der Waals surface area contributed by atoms with Crippen LogP contribution in [0.15, 0.2) is 18.2 Å². The van der Waals surface area contributed by atoms with Gasteiger partial charge in [-0.3, -0.25) is 9.59 Å². The number of amides is 1. The first-order valence-electron chi connectivity index (χ1n) is 6.45. The molecular weight excluding hydrogens is 242 g/mol. The van der Waals surface area contributed by atoms with E-state index in [0.717, 1.165) is 11.3 Å². The van der Waals surface area contributed by atoms with E-state index in [4.69, 9.17) is 4.74 Å².